The van der Waals surface area contributed by atoms with Crippen molar-refractivity contribution in [2.24, 2.45) is 0 Å². The lowest BCUT2D eigenvalue weighted by molar-refractivity contribution is -0.115. The molecule has 0 radical (unpaired) electrons. The van der Waals surface area contributed by atoms with Crippen molar-refractivity contribution in [3.8, 4) is 22.8 Å². The number of halogens is 1. The van der Waals surface area contributed by atoms with Crippen LogP contribution in [0.5, 0.6) is 0 Å². The Morgan fingerprint density at radius 2 is 1.78 bits per heavy atom. The number of nitrogens with zero attached hydrogens (tertiary/aromatic N) is 1. The zero-order chi connectivity index (χ0) is 25.8. The van der Waals surface area contributed by atoms with Gasteiger partial charge in [-0.05, 0) is 78.8 Å². The van der Waals surface area contributed by atoms with E-state index in [1.165, 1.54) is 6.08 Å². The largest absolute Gasteiger partial charge is 0.457 e. The van der Waals surface area contributed by atoms with E-state index < -0.39 is 0 Å². The van der Waals surface area contributed by atoms with E-state index in [-0.39, 0.29) is 11.0 Å². The summed E-state index contributed by atoms with van der Waals surface area (Å²) in [5.41, 5.74) is 5.31. The van der Waals surface area contributed by atoms with Crippen molar-refractivity contribution in [2.75, 3.05) is 0 Å². The fourth-order valence-corrected chi connectivity index (χ4v) is 4.00. The van der Waals surface area contributed by atoms with Crippen LogP contribution in [-0.2, 0) is 11.3 Å². The fraction of sp³-hybridized carbons (Fsp3) is 0.0690. The Bertz CT molecular complexity index is 1590. The van der Waals surface area contributed by atoms with Crippen molar-refractivity contribution >= 4 is 52.0 Å². The lowest BCUT2D eigenvalue weighted by atomic mass is 10.1. The van der Waals surface area contributed by atoms with Gasteiger partial charge in [0.2, 0.25) is 11.8 Å². The highest BCUT2D eigenvalue weighted by atomic mass is 35.5. The summed E-state index contributed by atoms with van der Waals surface area (Å²) >= 11 is 11.5. The molecule has 0 fully saturated rings. The normalized spacial score (nSPS) is 11.2. The average molecular weight is 528 g/mol. The number of aryl methyl sites for hydroxylation is 1. The summed E-state index contributed by atoms with van der Waals surface area (Å²) in [4.78, 5) is 16.8. The molecule has 184 valence electrons. The molecule has 0 aliphatic carbocycles. The van der Waals surface area contributed by atoms with Crippen LogP contribution in [0, 0.1) is 6.92 Å². The van der Waals surface area contributed by atoms with Gasteiger partial charge in [0.05, 0.1) is 0 Å². The monoisotopic (exact) mass is 527 g/mol. The number of hydrogen-bond donors (Lipinski definition) is 2. The van der Waals surface area contributed by atoms with Gasteiger partial charge in [0.25, 0.3) is 0 Å². The first-order valence-corrected chi connectivity index (χ1v) is 12.3. The third-order valence-electron chi connectivity index (χ3n) is 5.67. The molecule has 0 spiro atoms. The van der Waals surface area contributed by atoms with Crippen molar-refractivity contribution in [3.05, 3.63) is 107 Å². The second-order valence-corrected chi connectivity index (χ2v) is 9.17. The number of nitrogens with one attached hydrogen (secondary N) is 2. The zero-order valence-electron chi connectivity index (χ0n) is 19.8. The molecule has 1 amide bonds. The molecule has 2 heterocycles. The van der Waals surface area contributed by atoms with E-state index in [4.69, 9.17) is 32.7 Å². The Kier molecular flexibility index (Phi) is 7.16. The minimum Gasteiger partial charge on any atom is -0.457 e. The summed E-state index contributed by atoms with van der Waals surface area (Å²) in [5.74, 6) is 1.42. The maximum absolute atomic E-state index is 12.3. The lowest BCUT2D eigenvalue weighted by Gasteiger charge is -2.08. The number of amides is 1. The zero-order valence-corrected chi connectivity index (χ0v) is 21.4. The Hall–Kier alpha value is -4.20. The van der Waals surface area contributed by atoms with Crippen molar-refractivity contribution in [2.45, 2.75) is 13.5 Å². The molecular formula is C29H22ClN3O3S. The predicted molar refractivity (Wildman–Crippen MR) is 150 cm³/mol. The van der Waals surface area contributed by atoms with Crippen LogP contribution in [-0.4, -0.2) is 16.0 Å². The maximum Gasteiger partial charge on any atom is 0.250 e. The number of fused-ring (bicyclic) bond motifs is 1. The van der Waals surface area contributed by atoms with Crippen LogP contribution in [0.4, 0.5) is 0 Å². The highest BCUT2D eigenvalue weighted by Gasteiger charge is 2.09. The van der Waals surface area contributed by atoms with Gasteiger partial charge in [0.15, 0.2) is 10.7 Å². The summed E-state index contributed by atoms with van der Waals surface area (Å²) in [6, 6.07) is 24.8. The lowest BCUT2D eigenvalue weighted by Crippen LogP contribution is -2.37. The van der Waals surface area contributed by atoms with Crippen LogP contribution in [0.3, 0.4) is 0 Å². The molecule has 2 N–H and O–H groups in total. The highest BCUT2D eigenvalue weighted by Crippen LogP contribution is 2.27. The van der Waals surface area contributed by atoms with Gasteiger partial charge in [-0.25, -0.2) is 4.98 Å². The summed E-state index contributed by atoms with van der Waals surface area (Å²) in [6.07, 6.45) is 2.95. The number of hydrogen-bond acceptors (Lipinski definition) is 5. The van der Waals surface area contributed by atoms with Gasteiger partial charge >= 0.3 is 0 Å². The number of carbonyl (C=O) groups is 1. The molecule has 0 aliphatic rings. The van der Waals surface area contributed by atoms with Crippen LogP contribution < -0.4 is 10.6 Å². The molecule has 0 saturated heterocycles. The number of rotatable bonds is 6. The topological polar surface area (TPSA) is 80.3 Å². The molecule has 0 atom stereocenters. The number of para-hydroxylation sites is 2. The van der Waals surface area contributed by atoms with E-state index in [0.717, 1.165) is 33.4 Å². The first-order chi connectivity index (χ1) is 17.9. The van der Waals surface area contributed by atoms with Crippen LogP contribution in [0.2, 0.25) is 5.02 Å². The maximum atomic E-state index is 12.3. The Labute approximate surface area is 224 Å². The third-order valence-corrected chi connectivity index (χ3v) is 6.32. The van der Waals surface area contributed by atoms with E-state index in [1.807, 2.05) is 79.7 Å². The Morgan fingerprint density at radius 3 is 2.57 bits per heavy atom. The second kappa shape index (κ2) is 10.8. The molecule has 37 heavy (non-hydrogen) atoms. The highest BCUT2D eigenvalue weighted by molar-refractivity contribution is 7.80. The summed E-state index contributed by atoms with van der Waals surface area (Å²) < 4.78 is 11.6. The summed E-state index contributed by atoms with van der Waals surface area (Å²) in [7, 11) is 0. The molecule has 3 aromatic carbocycles. The number of carbonyl (C=O) groups excluding carboxylic acids is 1. The molecule has 5 rings (SSSR count). The molecule has 8 heteroatoms. The summed E-state index contributed by atoms with van der Waals surface area (Å²) in [5, 5.41) is 6.57. The van der Waals surface area contributed by atoms with E-state index in [0.29, 0.717) is 29.0 Å². The minimum absolute atomic E-state index is 0.229. The molecule has 0 aliphatic heterocycles. The fourth-order valence-electron chi connectivity index (χ4n) is 3.64. The van der Waals surface area contributed by atoms with Crippen LogP contribution in [0.1, 0.15) is 16.9 Å². The number of furan rings is 1. The molecule has 5 aromatic rings. The summed E-state index contributed by atoms with van der Waals surface area (Å²) in [6.45, 7) is 2.40. The first kappa shape index (κ1) is 24.5. The van der Waals surface area contributed by atoms with Crippen LogP contribution in [0.25, 0.3) is 40.0 Å². The van der Waals surface area contributed by atoms with Crippen molar-refractivity contribution in [1.82, 2.24) is 15.6 Å². The standard InChI is InChI=1S/C29H22ClN3O3S/c1-18-6-9-21(16-23(18)30)25-14-12-22(35-25)13-15-27(34)33-29(37)31-17-19-7-10-20(11-8-19)28-32-24-4-2-3-5-26(24)36-28/h2-16H,17H2,1H3,(H2,31,33,34,37)/b15-13+. The Balaban J connectivity index is 1.12. The minimum atomic E-state index is -0.361. The van der Waals surface area contributed by atoms with E-state index >= 15 is 0 Å². The van der Waals surface area contributed by atoms with Crippen molar-refractivity contribution in [1.29, 1.82) is 0 Å². The quantitative estimate of drug-likeness (QED) is 0.184. The smallest absolute Gasteiger partial charge is 0.250 e. The van der Waals surface area contributed by atoms with Gasteiger partial charge in [-0.2, -0.15) is 0 Å². The average Bonchev–Trinajstić information content (AvgIpc) is 3.56. The van der Waals surface area contributed by atoms with Gasteiger partial charge in [-0.3, -0.25) is 10.1 Å². The van der Waals surface area contributed by atoms with E-state index in [9.17, 15) is 4.79 Å². The number of benzene rings is 3. The molecular weight excluding hydrogens is 506 g/mol. The first-order valence-electron chi connectivity index (χ1n) is 11.5. The molecule has 2 aromatic heterocycles. The van der Waals surface area contributed by atoms with Gasteiger partial charge < -0.3 is 14.2 Å². The molecule has 0 unspecified atom stereocenters. The molecule has 6 nitrogen and oxygen atoms in total. The van der Waals surface area contributed by atoms with Crippen molar-refractivity contribution in [3.63, 3.8) is 0 Å². The van der Waals surface area contributed by atoms with E-state index in [1.54, 1.807) is 12.1 Å². The Morgan fingerprint density at radius 1 is 1.00 bits per heavy atom. The van der Waals surface area contributed by atoms with Crippen LogP contribution >= 0.6 is 23.8 Å². The van der Waals surface area contributed by atoms with Gasteiger partial charge in [-0.15, -0.1) is 0 Å². The third kappa shape index (κ3) is 5.97. The van der Waals surface area contributed by atoms with Gasteiger partial charge in [-0.1, -0.05) is 48.0 Å². The number of oxazole rings is 1. The molecule has 0 saturated carbocycles. The SMILES string of the molecule is Cc1ccc(-c2ccc(/C=C/C(=O)NC(=S)NCc3ccc(-c4nc5ccccc5o4)cc3)o2)cc1Cl. The number of thiocarbonyl (C=S) groups is 1. The van der Waals surface area contributed by atoms with Crippen LogP contribution in [0.15, 0.2) is 93.8 Å². The van der Waals surface area contributed by atoms with Gasteiger partial charge in [0.1, 0.15) is 17.0 Å². The predicted octanol–water partition coefficient (Wildman–Crippen LogP) is 6.92. The molecule has 0 bridgehead atoms. The van der Waals surface area contributed by atoms with Gasteiger partial charge in [0, 0.05) is 28.8 Å². The van der Waals surface area contributed by atoms with Crippen molar-refractivity contribution < 1.29 is 13.6 Å². The number of aromatic nitrogens is 1. The second-order valence-electron chi connectivity index (χ2n) is 8.35. The van der Waals surface area contributed by atoms with E-state index in [2.05, 4.69) is 15.6 Å².